The van der Waals surface area contributed by atoms with Gasteiger partial charge in [0.15, 0.2) is 5.84 Å². The van der Waals surface area contributed by atoms with Gasteiger partial charge in [-0.15, -0.1) is 0 Å². The average molecular weight is 206 g/mol. The molecule has 78 valence electrons. The predicted octanol–water partition coefficient (Wildman–Crippen LogP) is -0.250. The fourth-order valence-corrected chi connectivity index (χ4v) is 1.22. The summed E-state index contributed by atoms with van der Waals surface area (Å²) in [6.07, 6.45) is 1.37. The van der Waals surface area contributed by atoms with Gasteiger partial charge in [-0.1, -0.05) is 0 Å². The Bertz CT molecular complexity index is 430. The maximum Gasteiger partial charge on any atom is 0.250 e. The molecule has 1 aromatic rings. The van der Waals surface area contributed by atoms with Gasteiger partial charge < -0.3 is 10.1 Å². The highest BCUT2D eigenvalue weighted by molar-refractivity contribution is 6.12. The molecule has 1 aliphatic rings. The zero-order valence-electron chi connectivity index (χ0n) is 8.39. The van der Waals surface area contributed by atoms with E-state index in [1.54, 1.807) is 13.0 Å². The molecule has 2 heterocycles. The third-order valence-electron chi connectivity index (χ3n) is 2.04. The van der Waals surface area contributed by atoms with Gasteiger partial charge in [-0.25, -0.2) is 9.97 Å². The van der Waals surface area contributed by atoms with Crippen LogP contribution < -0.4 is 10.1 Å². The third kappa shape index (κ3) is 1.78. The zero-order valence-corrected chi connectivity index (χ0v) is 8.39. The molecule has 1 atom stereocenters. The summed E-state index contributed by atoms with van der Waals surface area (Å²) in [5, 5.41) is 2.64. The van der Waals surface area contributed by atoms with Crippen molar-refractivity contribution in [3.05, 3.63) is 18.1 Å². The largest absolute Gasteiger partial charge is 0.481 e. The lowest BCUT2D eigenvalue weighted by atomic mass is 10.3. The Hall–Kier alpha value is -1.98. The second-order valence-corrected chi connectivity index (χ2v) is 3.09. The minimum atomic E-state index is -0.360. The lowest BCUT2D eigenvalue weighted by Gasteiger charge is -2.01. The molecule has 0 bridgehead atoms. The topological polar surface area (TPSA) is 76.5 Å². The normalized spacial score (nSPS) is 19.7. The number of carbonyl (C=O) groups excluding carboxylic acids is 1. The zero-order chi connectivity index (χ0) is 10.8. The van der Waals surface area contributed by atoms with Gasteiger partial charge in [-0.05, 0) is 6.92 Å². The molecule has 0 saturated heterocycles. The number of hydrogen-bond donors (Lipinski definition) is 1. The third-order valence-corrected chi connectivity index (χ3v) is 2.04. The molecule has 1 unspecified atom stereocenters. The molecule has 2 rings (SSSR count). The van der Waals surface area contributed by atoms with E-state index in [-0.39, 0.29) is 11.9 Å². The van der Waals surface area contributed by atoms with E-state index in [9.17, 15) is 4.79 Å². The predicted molar refractivity (Wildman–Crippen MR) is 52.7 cm³/mol. The summed E-state index contributed by atoms with van der Waals surface area (Å²) in [6.45, 7) is 1.72. The summed E-state index contributed by atoms with van der Waals surface area (Å²) in [4.78, 5) is 23.2. The van der Waals surface area contributed by atoms with Crippen LogP contribution in [0.1, 0.15) is 12.6 Å². The standard InChI is InChI=1S/C9H10N4O2/c1-5-9(14)13-8(12-5)6-3-7(15-2)11-4-10-6/h3-5H,1-2H3,(H,12,13,14). The Morgan fingerprint density at radius 1 is 1.47 bits per heavy atom. The first-order chi connectivity index (χ1) is 7.20. The maximum atomic E-state index is 11.2. The van der Waals surface area contributed by atoms with Gasteiger partial charge in [0.25, 0.3) is 0 Å². The van der Waals surface area contributed by atoms with Gasteiger partial charge in [0.1, 0.15) is 18.1 Å². The Labute approximate surface area is 86.4 Å². The molecule has 0 saturated carbocycles. The second-order valence-electron chi connectivity index (χ2n) is 3.09. The van der Waals surface area contributed by atoms with Crippen LogP contribution in [0.15, 0.2) is 17.4 Å². The Balaban J connectivity index is 2.31. The van der Waals surface area contributed by atoms with Crippen LogP contribution in [0.2, 0.25) is 0 Å². The first-order valence-corrected chi connectivity index (χ1v) is 4.46. The molecule has 0 aliphatic carbocycles. The monoisotopic (exact) mass is 206 g/mol. The summed E-state index contributed by atoms with van der Waals surface area (Å²) >= 11 is 0. The molecule has 15 heavy (non-hydrogen) atoms. The molecule has 1 amide bonds. The first-order valence-electron chi connectivity index (χ1n) is 4.46. The van der Waals surface area contributed by atoms with E-state index in [1.807, 2.05) is 0 Å². The number of nitrogens with one attached hydrogen (secondary N) is 1. The number of methoxy groups -OCH3 is 1. The number of amides is 1. The van der Waals surface area contributed by atoms with Crippen LogP contribution in [-0.4, -0.2) is 34.9 Å². The first kappa shape index (κ1) is 9.57. The summed E-state index contributed by atoms with van der Waals surface area (Å²) in [7, 11) is 1.52. The Morgan fingerprint density at radius 2 is 2.27 bits per heavy atom. The Kier molecular flexibility index (Phi) is 2.32. The number of hydrogen-bond acceptors (Lipinski definition) is 5. The highest BCUT2D eigenvalue weighted by Crippen LogP contribution is 2.09. The molecule has 1 aliphatic heterocycles. The van der Waals surface area contributed by atoms with E-state index in [2.05, 4.69) is 20.3 Å². The summed E-state index contributed by atoms with van der Waals surface area (Å²) in [5.41, 5.74) is 0.555. The lowest BCUT2D eigenvalue weighted by Crippen LogP contribution is -2.28. The number of nitrogens with zero attached hydrogens (tertiary/aromatic N) is 3. The van der Waals surface area contributed by atoms with Crippen LogP contribution in [0.4, 0.5) is 0 Å². The molecule has 0 aromatic carbocycles. The molecule has 0 spiro atoms. The van der Waals surface area contributed by atoms with Gasteiger partial charge >= 0.3 is 0 Å². The average Bonchev–Trinajstić information content (AvgIpc) is 2.59. The van der Waals surface area contributed by atoms with Crippen molar-refractivity contribution in [1.82, 2.24) is 15.3 Å². The van der Waals surface area contributed by atoms with Gasteiger partial charge in [0.05, 0.1) is 7.11 Å². The van der Waals surface area contributed by atoms with Crippen LogP contribution >= 0.6 is 0 Å². The highest BCUT2D eigenvalue weighted by atomic mass is 16.5. The fourth-order valence-electron chi connectivity index (χ4n) is 1.22. The molecule has 6 heteroatoms. The van der Waals surface area contributed by atoms with E-state index >= 15 is 0 Å². The fraction of sp³-hybridized carbons (Fsp3) is 0.333. The number of aromatic nitrogens is 2. The van der Waals surface area contributed by atoms with E-state index in [4.69, 9.17) is 4.74 Å². The van der Waals surface area contributed by atoms with Crippen LogP contribution in [-0.2, 0) is 4.79 Å². The highest BCUT2D eigenvalue weighted by Gasteiger charge is 2.23. The molecular weight excluding hydrogens is 196 g/mol. The van der Waals surface area contributed by atoms with Crippen molar-refractivity contribution in [2.24, 2.45) is 4.99 Å². The number of rotatable bonds is 2. The molecule has 1 N–H and O–H groups in total. The van der Waals surface area contributed by atoms with Crippen LogP contribution in [0.3, 0.4) is 0 Å². The van der Waals surface area contributed by atoms with Crippen molar-refractivity contribution in [3.8, 4) is 5.88 Å². The number of amidine groups is 1. The van der Waals surface area contributed by atoms with E-state index < -0.39 is 0 Å². The second kappa shape index (κ2) is 3.64. The SMILES string of the molecule is COc1cc(C2=NC(C)C(=O)N2)ncn1. The maximum absolute atomic E-state index is 11.2. The summed E-state index contributed by atoms with van der Waals surface area (Å²) in [6, 6.07) is 1.26. The summed E-state index contributed by atoms with van der Waals surface area (Å²) < 4.78 is 4.95. The van der Waals surface area contributed by atoms with Gasteiger partial charge in [-0.3, -0.25) is 9.79 Å². The molecule has 1 aromatic heterocycles. The van der Waals surface area contributed by atoms with Crippen molar-refractivity contribution in [2.45, 2.75) is 13.0 Å². The van der Waals surface area contributed by atoms with Gasteiger partial charge in [-0.2, -0.15) is 0 Å². The molecule has 6 nitrogen and oxygen atoms in total. The van der Waals surface area contributed by atoms with E-state index in [0.29, 0.717) is 17.4 Å². The lowest BCUT2D eigenvalue weighted by molar-refractivity contribution is -0.119. The van der Waals surface area contributed by atoms with Crippen LogP contribution in [0, 0.1) is 0 Å². The number of carbonyl (C=O) groups is 1. The van der Waals surface area contributed by atoms with Crippen LogP contribution in [0.5, 0.6) is 5.88 Å². The van der Waals surface area contributed by atoms with Crippen LogP contribution in [0.25, 0.3) is 0 Å². The van der Waals surface area contributed by atoms with Gasteiger partial charge in [0.2, 0.25) is 11.8 Å². The minimum Gasteiger partial charge on any atom is -0.481 e. The van der Waals surface area contributed by atoms with Crippen molar-refractivity contribution in [1.29, 1.82) is 0 Å². The number of aliphatic imine (C=N–C) groups is 1. The molecule has 0 fully saturated rings. The van der Waals surface area contributed by atoms with Crippen molar-refractivity contribution in [2.75, 3.05) is 7.11 Å². The van der Waals surface area contributed by atoms with Crippen molar-refractivity contribution < 1.29 is 9.53 Å². The van der Waals surface area contributed by atoms with E-state index in [1.165, 1.54) is 13.4 Å². The van der Waals surface area contributed by atoms with Crippen molar-refractivity contribution >= 4 is 11.7 Å². The Morgan fingerprint density at radius 3 is 2.87 bits per heavy atom. The quantitative estimate of drug-likeness (QED) is 0.723. The van der Waals surface area contributed by atoms with Gasteiger partial charge in [0, 0.05) is 6.07 Å². The molecule has 0 radical (unpaired) electrons. The van der Waals surface area contributed by atoms with E-state index in [0.717, 1.165) is 0 Å². The summed E-state index contributed by atoms with van der Waals surface area (Å²) in [5.74, 6) is 0.785. The van der Waals surface area contributed by atoms with Crippen molar-refractivity contribution in [3.63, 3.8) is 0 Å². The number of ether oxygens (including phenoxy) is 1. The smallest absolute Gasteiger partial charge is 0.250 e. The molecular formula is C9H10N4O2. The minimum absolute atomic E-state index is 0.123.